The third-order valence-corrected chi connectivity index (χ3v) is 15.4. The fraction of sp³-hybridized carbons (Fsp3) is 0.604. The van der Waals surface area contributed by atoms with E-state index in [0.717, 1.165) is 92.0 Å². The van der Waals surface area contributed by atoms with Gasteiger partial charge in [-0.15, -0.1) is 4.99 Å². The Bertz CT molecular complexity index is 1950. The van der Waals surface area contributed by atoms with E-state index in [9.17, 15) is 25.5 Å². The number of hydrogen-bond acceptors (Lipinski definition) is 10. The van der Waals surface area contributed by atoms with Gasteiger partial charge in [0.1, 0.15) is 12.2 Å². The van der Waals surface area contributed by atoms with Crippen LogP contribution in [0.15, 0.2) is 77.0 Å². The number of nitrogens with zero attached hydrogens (tertiary/aromatic N) is 1. The summed E-state index contributed by atoms with van der Waals surface area (Å²) in [7, 11) is 0. The average Bonchev–Trinajstić information content (AvgIpc) is 4.11. The summed E-state index contributed by atoms with van der Waals surface area (Å²) in [6.07, 6.45) is 24.3. The normalized spacial score (nSPS) is 27.2. The molecule has 9 atom stereocenters. The third-order valence-electron chi connectivity index (χ3n) is 15.4. The van der Waals surface area contributed by atoms with Gasteiger partial charge in [0.15, 0.2) is 29.4 Å². The van der Waals surface area contributed by atoms with Crippen LogP contribution in [0.3, 0.4) is 0 Å². The van der Waals surface area contributed by atoms with E-state index >= 15 is 0 Å². The molecule has 2 heterocycles. The highest BCUT2D eigenvalue weighted by Crippen LogP contribution is 2.60. The van der Waals surface area contributed by atoms with E-state index in [1.54, 1.807) is 6.07 Å². The van der Waals surface area contributed by atoms with Crippen LogP contribution in [0.1, 0.15) is 132 Å². The van der Waals surface area contributed by atoms with Gasteiger partial charge in [0.05, 0.1) is 30.6 Å². The number of nitrogens with one attached hydrogen (secondary N) is 1. The van der Waals surface area contributed by atoms with Crippen molar-refractivity contribution >= 4 is 11.8 Å². The molecule has 10 nitrogen and oxygen atoms in total. The quantitative estimate of drug-likeness (QED) is 0.0483. The summed E-state index contributed by atoms with van der Waals surface area (Å²) in [5.41, 5.74) is 12.3. The zero-order chi connectivity index (χ0) is 43.9. The van der Waals surface area contributed by atoms with Gasteiger partial charge in [0.2, 0.25) is 0 Å². The van der Waals surface area contributed by atoms with Crippen LogP contribution in [0.4, 0.5) is 0 Å². The van der Waals surface area contributed by atoms with Crippen molar-refractivity contribution in [2.45, 2.75) is 147 Å². The van der Waals surface area contributed by atoms with Crippen LogP contribution in [-0.2, 0) is 11.2 Å². The maximum absolute atomic E-state index is 11.5. The zero-order valence-electron chi connectivity index (χ0n) is 37.5. The maximum atomic E-state index is 11.5. The summed E-state index contributed by atoms with van der Waals surface area (Å²) in [6.45, 7) is 3.13. The van der Waals surface area contributed by atoms with E-state index in [-0.39, 0.29) is 37.0 Å². The third kappa shape index (κ3) is 10.9. The Balaban J connectivity index is 0.780. The second kappa shape index (κ2) is 21.0. The average molecular weight is 864 g/mol. The SMILES string of the molecule is CC(O)CNCC1C2=C[C+](C(O)COc3cc(CCC4=C[C-](CO)C(CCCCCCC(N)CC5C=Cc6ccccc6C5O)O4)ccc3O)N=C2CC2(CCCC2)C2CCCC12. The van der Waals surface area contributed by atoms with Crippen LogP contribution < -0.4 is 15.8 Å². The van der Waals surface area contributed by atoms with Crippen LogP contribution >= 0.6 is 0 Å². The van der Waals surface area contributed by atoms with E-state index in [4.69, 9.17) is 20.2 Å². The van der Waals surface area contributed by atoms with Crippen LogP contribution in [0, 0.1) is 41.0 Å². The molecule has 0 aromatic heterocycles. The second-order valence-electron chi connectivity index (χ2n) is 19.8. The van der Waals surface area contributed by atoms with E-state index in [1.165, 1.54) is 50.5 Å². The Labute approximate surface area is 375 Å². The largest absolute Gasteiger partial charge is 0.592 e. The number of aliphatic hydroxyl groups excluding tert-OH is 4. The second-order valence-corrected chi connectivity index (χ2v) is 19.8. The number of allylic oxidation sites excluding steroid dienone is 1. The molecule has 342 valence electrons. The topological polar surface area (TPSA) is 170 Å². The van der Waals surface area contributed by atoms with Crippen molar-refractivity contribution in [3.05, 3.63) is 101 Å². The smallest absolute Gasteiger partial charge is 0.190 e. The highest BCUT2D eigenvalue weighted by atomic mass is 16.5. The number of benzene rings is 2. The Morgan fingerprint density at radius 2 is 1.87 bits per heavy atom. The molecule has 0 bridgehead atoms. The van der Waals surface area contributed by atoms with Crippen molar-refractivity contribution < 1.29 is 35.0 Å². The molecule has 2 aromatic carbocycles. The molecule has 0 radical (unpaired) electrons. The molecule has 4 aliphatic carbocycles. The summed E-state index contributed by atoms with van der Waals surface area (Å²) in [5, 5.41) is 56.8. The minimum Gasteiger partial charge on any atom is -0.592 e. The summed E-state index contributed by atoms with van der Waals surface area (Å²) in [5.74, 6) is 3.76. The zero-order valence-corrected chi connectivity index (χ0v) is 37.5. The minimum absolute atomic E-state index is 0.0236. The van der Waals surface area contributed by atoms with Gasteiger partial charge in [-0.2, -0.15) is 12.0 Å². The number of unbranched alkanes of at least 4 members (excludes halogenated alkanes) is 3. The van der Waals surface area contributed by atoms with E-state index < -0.39 is 18.3 Å². The summed E-state index contributed by atoms with van der Waals surface area (Å²) < 4.78 is 12.5. The van der Waals surface area contributed by atoms with Crippen molar-refractivity contribution in [3.63, 3.8) is 0 Å². The van der Waals surface area contributed by atoms with Crippen molar-refractivity contribution in [2.75, 3.05) is 26.3 Å². The number of phenols is 1. The fourth-order valence-electron chi connectivity index (χ4n) is 12.1. The molecule has 3 fully saturated rings. The van der Waals surface area contributed by atoms with Crippen LogP contribution in [0.2, 0.25) is 0 Å². The number of phenolic OH excluding ortho intramolecular Hbond substituents is 1. The fourth-order valence-corrected chi connectivity index (χ4v) is 12.1. The molecule has 8 N–H and O–H groups in total. The number of nitrogens with two attached hydrogens (primary N) is 1. The van der Waals surface area contributed by atoms with Gasteiger partial charge in [0, 0.05) is 37.8 Å². The number of fused-ring (bicyclic) bond motifs is 4. The van der Waals surface area contributed by atoms with Crippen molar-refractivity contribution in [3.8, 4) is 11.5 Å². The molecule has 6 aliphatic rings. The molecule has 2 aromatic rings. The number of aliphatic imine (C=N–C) groups is 1. The first-order chi connectivity index (χ1) is 30.6. The lowest BCUT2D eigenvalue weighted by molar-refractivity contribution is 0.113. The number of hydrogen-bond donors (Lipinski definition) is 7. The number of aromatic hydroxyl groups is 1. The van der Waals surface area contributed by atoms with Gasteiger partial charge in [-0.05, 0) is 104 Å². The standard InChI is InChI=1S/C53H73N3O7/c1-34(58)30-55-31-44-42-14-10-15-45(42)53(23-8-9-24-53)29-47-43(44)28-46(56-47)49(60)33-62-51-25-35(18-22-48(51)59)17-21-40-27-38(32-57)50(63-40)16-5-3-2-4-12-39(54)26-37-20-19-36-11-6-7-13-41(36)52(37)61/h6-7,11,13,18-20,22,25,27-28,34,37,39,42,44-45,49-50,52,55,57-61H,2-5,8-10,12,14-17,21,23-24,26,29-33,54H2,1H3. The molecular weight excluding hydrogens is 791 g/mol. The van der Waals surface area contributed by atoms with Crippen LogP contribution in [-0.4, -0.2) is 81.9 Å². The first kappa shape index (κ1) is 45.8. The minimum atomic E-state index is -0.942. The number of aryl methyl sites for hydroxylation is 1. The van der Waals surface area contributed by atoms with E-state index in [2.05, 4.69) is 23.5 Å². The molecule has 9 unspecified atom stereocenters. The molecule has 3 saturated carbocycles. The van der Waals surface area contributed by atoms with Crippen LogP contribution in [0.5, 0.6) is 11.5 Å². The highest BCUT2D eigenvalue weighted by molar-refractivity contribution is 6.04. The molecule has 10 heteroatoms. The molecule has 0 amide bonds. The van der Waals surface area contributed by atoms with Gasteiger partial charge < -0.3 is 46.1 Å². The molecule has 63 heavy (non-hydrogen) atoms. The Morgan fingerprint density at radius 1 is 1.05 bits per heavy atom. The first-order valence-corrected chi connectivity index (χ1v) is 24.3. The van der Waals surface area contributed by atoms with Gasteiger partial charge in [0.25, 0.3) is 0 Å². The maximum Gasteiger partial charge on any atom is 0.190 e. The van der Waals surface area contributed by atoms with Gasteiger partial charge in [-0.1, -0.05) is 99.6 Å². The van der Waals surface area contributed by atoms with Crippen molar-refractivity contribution in [1.29, 1.82) is 0 Å². The van der Waals surface area contributed by atoms with Gasteiger partial charge in [-0.3, -0.25) is 0 Å². The molecule has 1 spiro atoms. The van der Waals surface area contributed by atoms with Gasteiger partial charge in [-0.25, -0.2) is 0 Å². The van der Waals surface area contributed by atoms with Crippen molar-refractivity contribution in [2.24, 2.45) is 39.8 Å². The predicted molar refractivity (Wildman–Crippen MR) is 249 cm³/mol. The summed E-state index contributed by atoms with van der Waals surface area (Å²) >= 11 is 0. The lowest BCUT2D eigenvalue weighted by Gasteiger charge is -2.37. The number of aliphatic hydroxyl groups is 4. The molecule has 8 rings (SSSR count). The van der Waals surface area contributed by atoms with Crippen LogP contribution in [0.25, 0.3) is 6.08 Å². The monoisotopic (exact) mass is 864 g/mol. The Hall–Kier alpha value is -3.77. The summed E-state index contributed by atoms with van der Waals surface area (Å²) in [4.78, 5) is 5.14. The first-order valence-electron chi connectivity index (χ1n) is 24.3. The summed E-state index contributed by atoms with van der Waals surface area (Å²) in [6, 6.07) is 14.1. The lowest BCUT2D eigenvalue weighted by Crippen LogP contribution is -2.37. The predicted octanol–water partition coefficient (Wildman–Crippen LogP) is 8.23. The molecular formula is C53H73N3O7. The van der Waals surface area contributed by atoms with E-state index in [0.29, 0.717) is 54.3 Å². The highest BCUT2D eigenvalue weighted by Gasteiger charge is 2.57. The number of rotatable bonds is 21. The van der Waals surface area contributed by atoms with E-state index in [1.807, 2.05) is 49.4 Å². The Morgan fingerprint density at radius 3 is 2.70 bits per heavy atom. The number of ether oxygens (including phenoxy) is 2. The van der Waals surface area contributed by atoms with Gasteiger partial charge >= 0.3 is 0 Å². The lowest BCUT2D eigenvalue weighted by atomic mass is 9.66. The molecule has 0 saturated heterocycles. The Kier molecular flexibility index (Phi) is 15.3. The molecule has 2 aliphatic heterocycles. The van der Waals surface area contributed by atoms with Crippen molar-refractivity contribution in [1.82, 2.24) is 5.32 Å².